The molecule has 4 aromatic rings. The molecule has 4 aromatic carbocycles. The van der Waals surface area contributed by atoms with Gasteiger partial charge in [-0.15, -0.1) is 0 Å². The van der Waals surface area contributed by atoms with Gasteiger partial charge in [0.15, 0.2) is 0 Å². The van der Waals surface area contributed by atoms with Crippen molar-refractivity contribution in [3.8, 4) is 33.4 Å². The third kappa shape index (κ3) is 3.41. The van der Waals surface area contributed by atoms with Crippen molar-refractivity contribution >= 4 is 23.2 Å². The van der Waals surface area contributed by atoms with Crippen molar-refractivity contribution in [2.24, 2.45) is 23.7 Å². The predicted molar refractivity (Wildman–Crippen MR) is 157 cm³/mol. The number of hydrogen-bond acceptors (Lipinski definition) is 1. The summed E-state index contributed by atoms with van der Waals surface area (Å²) in [6.07, 6.45) is 6.92. The summed E-state index contributed by atoms with van der Waals surface area (Å²) in [5, 5.41) is 13.8. The van der Waals surface area contributed by atoms with Crippen LogP contribution in [0.3, 0.4) is 0 Å². The maximum absolute atomic E-state index is 12.6. The fraction of sp³-hybridized carbons (Fsp3) is 0.314. The monoisotopic (exact) mass is 536 g/mol. The van der Waals surface area contributed by atoms with E-state index in [1.165, 1.54) is 34.2 Å². The molecule has 190 valence electrons. The van der Waals surface area contributed by atoms with Gasteiger partial charge in [-0.3, -0.25) is 0 Å². The summed E-state index contributed by atoms with van der Waals surface area (Å²) < 4.78 is 0. The van der Waals surface area contributed by atoms with Crippen LogP contribution in [0.4, 0.5) is 0 Å². The third-order valence-corrected chi connectivity index (χ3v) is 10.7. The van der Waals surface area contributed by atoms with E-state index in [-0.39, 0.29) is 0 Å². The molecular formula is C35H30Cl2O. The summed E-state index contributed by atoms with van der Waals surface area (Å²) in [4.78, 5) is 0. The van der Waals surface area contributed by atoms with E-state index in [1.54, 1.807) is 0 Å². The Kier molecular flexibility index (Phi) is 5.19. The molecule has 3 heteroatoms. The molecule has 0 aromatic heterocycles. The molecule has 0 heterocycles. The van der Waals surface area contributed by atoms with Crippen molar-refractivity contribution in [3.63, 3.8) is 0 Å². The molecule has 0 atom stereocenters. The Bertz CT molecular complexity index is 1570. The fourth-order valence-corrected chi connectivity index (χ4v) is 9.16. The van der Waals surface area contributed by atoms with Gasteiger partial charge in [0.2, 0.25) is 0 Å². The van der Waals surface area contributed by atoms with Gasteiger partial charge < -0.3 is 5.11 Å². The number of aliphatic hydroxyl groups is 1. The molecule has 1 N–H and O–H groups in total. The molecule has 0 unspecified atom stereocenters. The Labute approximate surface area is 234 Å². The van der Waals surface area contributed by atoms with Gasteiger partial charge in [-0.05, 0) is 131 Å². The van der Waals surface area contributed by atoms with Gasteiger partial charge in [-0.2, -0.15) is 0 Å². The molecule has 0 amide bonds. The van der Waals surface area contributed by atoms with Crippen LogP contribution in [0, 0.1) is 23.7 Å². The number of fused-ring (bicyclic) bond motifs is 3. The summed E-state index contributed by atoms with van der Waals surface area (Å²) >= 11 is 13.1. The molecule has 5 aliphatic carbocycles. The van der Waals surface area contributed by atoms with Crippen LogP contribution in [0.2, 0.25) is 10.0 Å². The maximum atomic E-state index is 12.6. The van der Waals surface area contributed by atoms with E-state index in [4.69, 9.17) is 23.2 Å². The van der Waals surface area contributed by atoms with Crippen molar-refractivity contribution in [2.75, 3.05) is 0 Å². The standard InChI is InChI=1S/C35H30Cl2O/c36-28-8-9-30(34(37)19-28)32-18-23(22-5-6-25-16-24-3-1-2-4-29(24)31(25)17-22)7-10-33(32)35(38)26-12-20-11-21(14-26)15-27(35)13-20/h1-10,17-21,26-27,38H,11-16H2. The van der Waals surface area contributed by atoms with Crippen LogP contribution in [0.1, 0.15) is 48.8 Å². The van der Waals surface area contributed by atoms with E-state index in [1.807, 2.05) is 18.2 Å². The van der Waals surface area contributed by atoms with E-state index in [0.29, 0.717) is 21.9 Å². The molecule has 38 heavy (non-hydrogen) atoms. The molecule has 0 aliphatic heterocycles. The van der Waals surface area contributed by atoms with Gasteiger partial charge in [-0.25, -0.2) is 0 Å². The van der Waals surface area contributed by atoms with Gasteiger partial charge in [0.05, 0.1) is 5.60 Å². The van der Waals surface area contributed by atoms with Crippen LogP contribution in [-0.2, 0) is 12.0 Å². The highest BCUT2D eigenvalue weighted by Crippen LogP contribution is 2.63. The van der Waals surface area contributed by atoms with E-state index in [9.17, 15) is 5.11 Å². The minimum atomic E-state index is -0.804. The van der Waals surface area contributed by atoms with Gasteiger partial charge in [-0.1, -0.05) is 77.8 Å². The van der Waals surface area contributed by atoms with Crippen LogP contribution < -0.4 is 0 Å². The Morgan fingerprint density at radius 2 is 1.26 bits per heavy atom. The molecular weight excluding hydrogens is 507 g/mol. The normalized spacial score (nSPS) is 28.4. The smallest absolute Gasteiger partial charge is 0.0958 e. The zero-order valence-corrected chi connectivity index (χ0v) is 22.8. The van der Waals surface area contributed by atoms with Crippen LogP contribution in [0.25, 0.3) is 33.4 Å². The fourth-order valence-electron chi connectivity index (χ4n) is 8.65. The Morgan fingerprint density at radius 3 is 2.00 bits per heavy atom. The lowest BCUT2D eigenvalue weighted by Crippen LogP contribution is -2.55. The van der Waals surface area contributed by atoms with E-state index < -0.39 is 5.60 Å². The quantitative estimate of drug-likeness (QED) is 0.243. The van der Waals surface area contributed by atoms with Crippen molar-refractivity contribution in [1.82, 2.24) is 0 Å². The minimum Gasteiger partial charge on any atom is -0.385 e. The van der Waals surface area contributed by atoms with Crippen LogP contribution in [0.5, 0.6) is 0 Å². The Morgan fingerprint density at radius 1 is 0.605 bits per heavy atom. The topological polar surface area (TPSA) is 20.2 Å². The first-order valence-electron chi connectivity index (χ1n) is 14.0. The molecule has 4 bridgehead atoms. The zero-order chi connectivity index (χ0) is 25.6. The SMILES string of the molecule is OC1(c2ccc(-c3ccc4c(c3)-c3ccccc3C4)cc2-c2ccc(Cl)cc2Cl)C2CC3CC(C2)CC1C3. The van der Waals surface area contributed by atoms with Gasteiger partial charge >= 0.3 is 0 Å². The highest BCUT2D eigenvalue weighted by molar-refractivity contribution is 6.36. The first-order valence-corrected chi connectivity index (χ1v) is 14.8. The number of benzene rings is 4. The molecule has 1 nitrogen and oxygen atoms in total. The zero-order valence-electron chi connectivity index (χ0n) is 21.3. The van der Waals surface area contributed by atoms with Crippen LogP contribution in [0.15, 0.2) is 78.9 Å². The van der Waals surface area contributed by atoms with E-state index in [2.05, 4.69) is 60.7 Å². The summed E-state index contributed by atoms with van der Waals surface area (Å²) in [6.45, 7) is 0. The third-order valence-electron chi connectivity index (χ3n) is 10.2. The second-order valence-corrected chi connectivity index (χ2v) is 13.1. The molecule has 0 radical (unpaired) electrons. The highest BCUT2D eigenvalue weighted by atomic mass is 35.5. The Balaban J connectivity index is 1.29. The first-order chi connectivity index (χ1) is 18.5. The van der Waals surface area contributed by atoms with Crippen molar-refractivity contribution < 1.29 is 5.11 Å². The molecule has 4 fully saturated rings. The van der Waals surface area contributed by atoms with Gasteiger partial charge in [0.25, 0.3) is 0 Å². The minimum absolute atomic E-state index is 0.325. The highest BCUT2D eigenvalue weighted by Gasteiger charge is 2.57. The molecule has 0 spiro atoms. The lowest BCUT2D eigenvalue weighted by molar-refractivity contribution is -0.179. The average Bonchev–Trinajstić information content (AvgIpc) is 3.29. The summed E-state index contributed by atoms with van der Waals surface area (Å²) in [7, 11) is 0. The summed E-state index contributed by atoms with van der Waals surface area (Å²) in [5.74, 6) is 2.22. The lowest BCUT2D eigenvalue weighted by atomic mass is 9.48. The largest absolute Gasteiger partial charge is 0.385 e. The molecule has 9 rings (SSSR count). The van der Waals surface area contributed by atoms with E-state index in [0.717, 1.165) is 66.2 Å². The van der Waals surface area contributed by atoms with Crippen molar-refractivity contribution in [1.29, 1.82) is 0 Å². The number of halogens is 2. The summed E-state index contributed by atoms with van der Waals surface area (Å²) in [5.41, 5.74) is 10.0. The average molecular weight is 538 g/mol. The second kappa shape index (κ2) is 8.46. The van der Waals surface area contributed by atoms with Crippen molar-refractivity contribution in [3.05, 3.63) is 106 Å². The lowest BCUT2D eigenvalue weighted by Gasteiger charge is -2.59. The number of hydrogen-bond donors (Lipinski definition) is 1. The molecule has 5 aliphatic rings. The van der Waals surface area contributed by atoms with Gasteiger partial charge in [0.1, 0.15) is 0 Å². The summed E-state index contributed by atoms with van der Waals surface area (Å²) in [6, 6.07) is 28.0. The maximum Gasteiger partial charge on any atom is 0.0958 e. The van der Waals surface area contributed by atoms with Gasteiger partial charge in [0, 0.05) is 15.6 Å². The predicted octanol–water partition coefficient (Wildman–Crippen LogP) is 9.54. The molecule has 0 saturated heterocycles. The van der Waals surface area contributed by atoms with Crippen LogP contribution >= 0.6 is 23.2 Å². The Hall–Kier alpha value is -2.58. The van der Waals surface area contributed by atoms with Crippen molar-refractivity contribution in [2.45, 2.75) is 44.1 Å². The molecule has 4 saturated carbocycles. The van der Waals surface area contributed by atoms with E-state index >= 15 is 0 Å². The second-order valence-electron chi connectivity index (χ2n) is 12.2. The van der Waals surface area contributed by atoms with Crippen LogP contribution in [-0.4, -0.2) is 5.11 Å². The first kappa shape index (κ1) is 23.3. The number of rotatable bonds is 3.